The fourth-order valence-corrected chi connectivity index (χ4v) is 3.81. The van der Waals surface area contributed by atoms with Gasteiger partial charge in [0.25, 0.3) is 16.8 Å². The van der Waals surface area contributed by atoms with Gasteiger partial charge in [0, 0.05) is 5.69 Å². The molecule has 31 heavy (non-hydrogen) atoms. The summed E-state index contributed by atoms with van der Waals surface area (Å²) < 4.78 is 10.4. The highest BCUT2D eigenvalue weighted by Crippen LogP contribution is 2.40. The summed E-state index contributed by atoms with van der Waals surface area (Å²) in [6.45, 7) is 1.37. The molecule has 3 amide bonds. The molecule has 158 valence electrons. The Morgan fingerprint density at radius 1 is 1.23 bits per heavy atom. The van der Waals surface area contributed by atoms with Crippen molar-refractivity contribution in [2.45, 2.75) is 6.92 Å². The molecule has 2 aromatic carbocycles. The van der Waals surface area contributed by atoms with Crippen molar-refractivity contribution in [3.05, 3.63) is 62.5 Å². The number of nitro groups is 1. The molecule has 2 aliphatic rings. The van der Waals surface area contributed by atoms with Crippen LogP contribution in [-0.4, -0.2) is 40.2 Å². The number of anilines is 1. The minimum Gasteiger partial charge on any atom is -0.454 e. The molecule has 0 radical (unpaired) electrons. The van der Waals surface area contributed by atoms with E-state index in [9.17, 15) is 24.5 Å². The van der Waals surface area contributed by atoms with E-state index in [4.69, 9.17) is 9.47 Å². The van der Waals surface area contributed by atoms with E-state index in [-0.39, 0.29) is 28.7 Å². The number of amides is 3. The smallest absolute Gasteiger partial charge is 0.294 e. The van der Waals surface area contributed by atoms with Gasteiger partial charge in [-0.05, 0) is 43.0 Å². The summed E-state index contributed by atoms with van der Waals surface area (Å²) >= 11 is 0.604. The van der Waals surface area contributed by atoms with Gasteiger partial charge in [0.2, 0.25) is 12.7 Å². The average molecular weight is 441 g/mol. The van der Waals surface area contributed by atoms with Gasteiger partial charge in [-0.1, -0.05) is 17.7 Å². The summed E-state index contributed by atoms with van der Waals surface area (Å²) in [5.41, 5.74) is 1.35. The van der Waals surface area contributed by atoms with Gasteiger partial charge in [0.15, 0.2) is 11.5 Å². The Bertz CT molecular complexity index is 1140. The highest BCUT2D eigenvalue weighted by molar-refractivity contribution is 8.18. The van der Waals surface area contributed by atoms with Gasteiger partial charge >= 0.3 is 0 Å². The molecule has 11 heteroatoms. The van der Waals surface area contributed by atoms with Gasteiger partial charge in [-0.15, -0.1) is 0 Å². The summed E-state index contributed by atoms with van der Waals surface area (Å²) in [4.78, 5) is 48.8. The number of carbonyl (C=O) groups is 3. The minimum absolute atomic E-state index is 0.0323. The van der Waals surface area contributed by atoms with E-state index in [1.54, 1.807) is 12.1 Å². The second-order valence-corrected chi connectivity index (χ2v) is 7.70. The number of ether oxygens (including phenoxy) is 2. The largest absolute Gasteiger partial charge is 0.454 e. The molecule has 2 aliphatic heterocycles. The maximum Gasteiger partial charge on any atom is 0.294 e. The Kier molecular flexibility index (Phi) is 5.34. The van der Waals surface area contributed by atoms with Crippen molar-refractivity contribution < 1.29 is 28.8 Å². The molecule has 2 heterocycles. The number of aryl methyl sites for hydroxylation is 1. The SMILES string of the molecule is Cc1ccc(NC(=O)CN2C(=O)S/C(=C\c3cc4c(cc3[N+](=O)[O-])OCO4)C2=O)cc1. The van der Waals surface area contributed by atoms with Crippen LogP contribution in [0.2, 0.25) is 0 Å². The lowest BCUT2D eigenvalue weighted by Gasteiger charge is -2.12. The Morgan fingerprint density at radius 3 is 2.58 bits per heavy atom. The minimum atomic E-state index is -0.707. The van der Waals surface area contributed by atoms with Gasteiger partial charge < -0.3 is 14.8 Å². The second-order valence-electron chi connectivity index (χ2n) is 6.70. The number of nitrogens with zero attached hydrogens (tertiary/aromatic N) is 2. The molecule has 10 nitrogen and oxygen atoms in total. The molecular weight excluding hydrogens is 426 g/mol. The Morgan fingerprint density at radius 2 is 1.90 bits per heavy atom. The summed E-state index contributed by atoms with van der Waals surface area (Å²) in [5, 5.41) is 13.4. The first kappa shape index (κ1) is 20.4. The third-order valence-electron chi connectivity index (χ3n) is 4.52. The molecule has 4 rings (SSSR count). The van der Waals surface area contributed by atoms with Gasteiger partial charge in [-0.25, -0.2) is 0 Å². The summed E-state index contributed by atoms with van der Waals surface area (Å²) in [6, 6.07) is 9.62. The van der Waals surface area contributed by atoms with Crippen molar-refractivity contribution in [1.82, 2.24) is 4.90 Å². The van der Waals surface area contributed by atoms with Crippen LogP contribution in [0.5, 0.6) is 11.5 Å². The lowest BCUT2D eigenvalue weighted by Crippen LogP contribution is -2.36. The van der Waals surface area contributed by atoms with Gasteiger partial charge in [0.1, 0.15) is 6.54 Å². The number of rotatable bonds is 5. The van der Waals surface area contributed by atoms with Crippen LogP contribution in [0.25, 0.3) is 6.08 Å². The normalized spacial score (nSPS) is 16.2. The van der Waals surface area contributed by atoms with Crippen LogP contribution in [-0.2, 0) is 9.59 Å². The zero-order chi connectivity index (χ0) is 22.1. The Labute approximate surface area is 180 Å². The number of fused-ring (bicyclic) bond motifs is 1. The molecule has 1 saturated heterocycles. The third-order valence-corrected chi connectivity index (χ3v) is 5.42. The zero-order valence-electron chi connectivity index (χ0n) is 16.1. The van der Waals surface area contributed by atoms with Gasteiger partial charge in [-0.3, -0.25) is 29.4 Å². The fraction of sp³-hybridized carbons (Fsp3) is 0.150. The second kappa shape index (κ2) is 8.11. The van der Waals surface area contributed by atoms with Crippen molar-refractivity contribution in [1.29, 1.82) is 0 Å². The fourth-order valence-electron chi connectivity index (χ4n) is 2.98. The van der Waals surface area contributed by atoms with Crippen molar-refractivity contribution in [3.63, 3.8) is 0 Å². The molecule has 2 aromatic rings. The highest BCUT2D eigenvalue weighted by atomic mass is 32.2. The number of hydrogen-bond acceptors (Lipinski definition) is 8. The highest BCUT2D eigenvalue weighted by Gasteiger charge is 2.37. The van der Waals surface area contributed by atoms with Crippen molar-refractivity contribution in [2.24, 2.45) is 0 Å². The standard InChI is InChI=1S/C20H15N3O7S/c1-11-2-4-13(5-3-11)21-18(24)9-22-19(25)17(31-20(22)26)7-12-6-15-16(30-10-29-15)8-14(12)23(27)28/h2-8H,9-10H2,1H3,(H,21,24)/b17-7-. The lowest BCUT2D eigenvalue weighted by molar-refractivity contribution is -0.385. The van der Waals surface area contributed by atoms with E-state index in [1.807, 2.05) is 19.1 Å². The van der Waals surface area contributed by atoms with Crippen LogP contribution in [0.1, 0.15) is 11.1 Å². The Hall–Kier alpha value is -3.86. The summed E-state index contributed by atoms with van der Waals surface area (Å²) in [7, 11) is 0. The zero-order valence-corrected chi connectivity index (χ0v) is 16.9. The van der Waals surface area contributed by atoms with E-state index >= 15 is 0 Å². The topological polar surface area (TPSA) is 128 Å². The number of thioether (sulfide) groups is 1. The van der Waals surface area contributed by atoms with Crippen molar-refractivity contribution in [2.75, 3.05) is 18.7 Å². The first-order chi connectivity index (χ1) is 14.8. The molecule has 0 spiro atoms. The van der Waals surface area contributed by atoms with Crippen LogP contribution in [0.4, 0.5) is 16.2 Å². The first-order valence-corrected chi connectivity index (χ1v) is 9.83. The number of nitro benzene ring substituents is 1. The molecular formula is C20H15N3O7S. The number of carbonyl (C=O) groups excluding carboxylic acids is 3. The monoisotopic (exact) mass is 441 g/mol. The number of benzene rings is 2. The number of imide groups is 1. The predicted octanol–water partition coefficient (Wildman–Crippen LogP) is 3.31. The molecule has 0 unspecified atom stereocenters. The predicted molar refractivity (Wildman–Crippen MR) is 112 cm³/mol. The molecule has 0 bridgehead atoms. The van der Waals surface area contributed by atoms with Gasteiger partial charge in [0.05, 0.1) is 21.5 Å². The molecule has 1 N–H and O–H groups in total. The molecule has 0 aliphatic carbocycles. The van der Waals surface area contributed by atoms with E-state index < -0.39 is 28.5 Å². The maximum absolute atomic E-state index is 12.7. The summed E-state index contributed by atoms with van der Waals surface area (Å²) in [5.74, 6) is -0.722. The number of nitrogens with one attached hydrogen (secondary N) is 1. The molecule has 1 fully saturated rings. The van der Waals surface area contributed by atoms with E-state index in [0.717, 1.165) is 10.5 Å². The van der Waals surface area contributed by atoms with Crippen LogP contribution in [0.15, 0.2) is 41.3 Å². The first-order valence-electron chi connectivity index (χ1n) is 9.02. The van der Waals surface area contributed by atoms with Crippen LogP contribution in [0.3, 0.4) is 0 Å². The maximum atomic E-state index is 12.7. The third kappa shape index (κ3) is 4.21. The quantitative estimate of drug-likeness (QED) is 0.425. The average Bonchev–Trinajstić information content (AvgIpc) is 3.28. The lowest BCUT2D eigenvalue weighted by atomic mass is 10.1. The van der Waals surface area contributed by atoms with Crippen LogP contribution >= 0.6 is 11.8 Å². The van der Waals surface area contributed by atoms with Crippen LogP contribution in [0, 0.1) is 17.0 Å². The van der Waals surface area contributed by atoms with Crippen molar-refractivity contribution in [3.8, 4) is 11.5 Å². The van der Waals surface area contributed by atoms with E-state index in [0.29, 0.717) is 23.2 Å². The Balaban J connectivity index is 1.53. The molecule has 0 saturated carbocycles. The molecule has 0 aromatic heterocycles. The molecule has 0 atom stereocenters. The van der Waals surface area contributed by atoms with Crippen LogP contribution < -0.4 is 14.8 Å². The van der Waals surface area contributed by atoms with E-state index in [2.05, 4.69) is 5.32 Å². The number of hydrogen-bond donors (Lipinski definition) is 1. The van der Waals surface area contributed by atoms with Gasteiger partial charge in [-0.2, -0.15) is 0 Å². The summed E-state index contributed by atoms with van der Waals surface area (Å²) in [6.07, 6.45) is 1.24. The van der Waals surface area contributed by atoms with Crippen molar-refractivity contribution >= 4 is 46.3 Å². The van der Waals surface area contributed by atoms with E-state index in [1.165, 1.54) is 18.2 Å².